The highest BCUT2D eigenvalue weighted by atomic mass is 16.5. The molecule has 17 heavy (non-hydrogen) atoms. The smallest absolute Gasteiger partial charge is 0.325 e. The van der Waals surface area contributed by atoms with Crippen LogP contribution in [0.5, 0.6) is 0 Å². The standard InChI is InChI=1S/C10H15N3O4/c1-3-16-9(14)6-12-10(15)11-5-8-4-7(2)17-13-8/h4H,3,5-6H2,1-2H3,(H2,11,12,15). The monoisotopic (exact) mass is 241 g/mol. The molecular formula is C10H15N3O4. The number of ether oxygens (including phenoxy) is 1. The second-order valence-corrected chi connectivity index (χ2v) is 3.27. The average molecular weight is 241 g/mol. The van der Waals surface area contributed by atoms with E-state index in [1.54, 1.807) is 19.9 Å². The van der Waals surface area contributed by atoms with Gasteiger partial charge in [0.1, 0.15) is 18.0 Å². The van der Waals surface area contributed by atoms with Crippen LogP contribution in [0.25, 0.3) is 0 Å². The second-order valence-electron chi connectivity index (χ2n) is 3.27. The van der Waals surface area contributed by atoms with Crippen LogP contribution in [0.1, 0.15) is 18.4 Å². The molecule has 1 aromatic heterocycles. The van der Waals surface area contributed by atoms with Gasteiger partial charge in [-0.1, -0.05) is 5.16 Å². The molecule has 2 N–H and O–H groups in total. The number of nitrogens with zero attached hydrogens (tertiary/aromatic N) is 1. The van der Waals surface area contributed by atoms with Gasteiger partial charge >= 0.3 is 12.0 Å². The molecule has 0 aliphatic heterocycles. The van der Waals surface area contributed by atoms with Crippen LogP contribution >= 0.6 is 0 Å². The van der Waals surface area contributed by atoms with Crippen molar-refractivity contribution in [1.29, 1.82) is 0 Å². The molecule has 0 atom stereocenters. The molecule has 0 spiro atoms. The summed E-state index contributed by atoms with van der Waals surface area (Å²) in [6, 6.07) is 1.25. The first-order valence-corrected chi connectivity index (χ1v) is 5.21. The molecule has 0 unspecified atom stereocenters. The number of esters is 1. The Morgan fingerprint density at radius 2 is 2.24 bits per heavy atom. The van der Waals surface area contributed by atoms with Gasteiger partial charge in [-0.15, -0.1) is 0 Å². The van der Waals surface area contributed by atoms with E-state index in [1.807, 2.05) is 0 Å². The summed E-state index contributed by atoms with van der Waals surface area (Å²) in [5, 5.41) is 8.59. The van der Waals surface area contributed by atoms with E-state index in [1.165, 1.54) is 0 Å². The van der Waals surface area contributed by atoms with Gasteiger partial charge in [-0.25, -0.2) is 4.79 Å². The zero-order valence-electron chi connectivity index (χ0n) is 9.78. The maximum absolute atomic E-state index is 11.2. The van der Waals surface area contributed by atoms with Crippen molar-refractivity contribution in [3.63, 3.8) is 0 Å². The van der Waals surface area contributed by atoms with Crippen LogP contribution in [-0.4, -0.2) is 30.3 Å². The number of carbonyl (C=O) groups excluding carboxylic acids is 2. The molecule has 0 saturated carbocycles. The number of hydrogen-bond donors (Lipinski definition) is 2. The van der Waals surface area contributed by atoms with E-state index in [-0.39, 0.29) is 13.1 Å². The van der Waals surface area contributed by atoms with Crippen molar-refractivity contribution in [2.75, 3.05) is 13.2 Å². The van der Waals surface area contributed by atoms with E-state index in [0.29, 0.717) is 18.1 Å². The molecule has 0 radical (unpaired) electrons. The Morgan fingerprint density at radius 1 is 1.47 bits per heavy atom. The molecular weight excluding hydrogens is 226 g/mol. The number of rotatable bonds is 5. The summed E-state index contributed by atoms with van der Waals surface area (Å²) in [5.41, 5.74) is 0.619. The summed E-state index contributed by atoms with van der Waals surface area (Å²) in [5.74, 6) is 0.202. The minimum absolute atomic E-state index is 0.155. The van der Waals surface area contributed by atoms with E-state index < -0.39 is 12.0 Å². The van der Waals surface area contributed by atoms with E-state index in [2.05, 4.69) is 20.5 Å². The summed E-state index contributed by atoms with van der Waals surface area (Å²) in [6.07, 6.45) is 0. The lowest BCUT2D eigenvalue weighted by Gasteiger charge is -2.05. The van der Waals surface area contributed by atoms with Crippen LogP contribution in [0.3, 0.4) is 0 Å². The molecule has 0 saturated heterocycles. The quantitative estimate of drug-likeness (QED) is 0.725. The highest BCUT2D eigenvalue weighted by Crippen LogP contribution is 2.00. The van der Waals surface area contributed by atoms with Crippen LogP contribution in [0.2, 0.25) is 0 Å². The third-order valence-corrected chi connectivity index (χ3v) is 1.81. The van der Waals surface area contributed by atoms with Crippen LogP contribution in [0, 0.1) is 6.92 Å². The first kappa shape index (κ1) is 13.0. The summed E-state index contributed by atoms with van der Waals surface area (Å²) in [4.78, 5) is 22.2. The molecule has 7 heteroatoms. The van der Waals surface area contributed by atoms with Crippen LogP contribution in [0.4, 0.5) is 4.79 Å². The number of aryl methyl sites for hydroxylation is 1. The zero-order valence-corrected chi connectivity index (χ0v) is 9.78. The Hall–Kier alpha value is -2.05. The SMILES string of the molecule is CCOC(=O)CNC(=O)NCc1cc(C)on1. The minimum atomic E-state index is -0.472. The van der Waals surface area contributed by atoms with Gasteiger partial charge in [0.15, 0.2) is 0 Å². The second kappa shape index (κ2) is 6.51. The van der Waals surface area contributed by atoms with Crippen molar-refractivity contribution in [3.05, 3.63) is 17.5 Å². The fourth-order valence-corrected chi connectivity index (χ4v) is 1.10. The van der Waals surface area contributed by atoms with Gasteiger partial charge in [0.25, 0.3) is 0 Å². The Kier molecular flexibility index (Phi) is 4.99. The van der Waals surface area contributed by atoms with Crippen molar-refractivity contribution >= 4 is 12.0 Å². The van der Waals surface area contributed by atoms with E-state index in [9.17, 15) is 9.59 Å². The van der Waals surface area contributed by atoms with Crippen molar-refractivity contribution < 1.29 is 18.8 Å². The average Bonchev–Trinajstić information content (AvgIpc) is 2.70. The highest BCUT2D eigenvalue weighted by Gasteiger charge is 2.06. The Labute approximate surface area is 98.5 Å². The molecule has 0 aliphatic rings. The van der Waals surface area contributed by atoms with Crippen molar-refractivity contribution in [3.8, 4) is 0 Å². The van der Waals surface area contributed by atoms with Crippen molar-refractivity contribution in [2.45, 2.75) is 20.4 Å². The fraction of sp³-hybridized carbons (Fsp3) is 0.500. The molecule has 0 aliphatic carbocycles. The van der Waals surface area contributed by atoms with Crippen molar-refractivity contribution in [2.24, 2.45) is 0 Å². The third-order valence-electron chi connectivity index (χ3n) is 1.81. The summed E-state index contributed by atoms with van der Waals surface area (Å²) in [6.45, 7) is 3.84. The topological polar surface area (TPSA) is 93.5 Å². The number of amides is 2. The predicted octanol–water partition coefficient (Wildman–Crippen LogP) is 0.345. The molecule has 7 nitrogen and oxygen atoms in total. The largest absolute Gasteiger partial charge is 0.465 e. The van der Waals surface area contributed by atoms with Gasteiger partial charge < -0.3 is 19.9 Å². The first-order valence-electron chi connectivity index (χ1n) is 5.21. The van der Waals surface area contributed by atoms with Gasteiger partial charge in [-0.2, -0.15) is 0 Å². The zero-order chi connectivity index (χ0) is 12.7. The number of hydrogen-bond acceptors (Lipinski definition) is 5. The minimum Gasteiger partial charge on any atom is -0.465 e. The molecule has 0 bridgehead atoms. The van der Waals surface area contributed by atoms with E-state index in [0.717, 1.165) is 0 Å². The lowest BCUT2D eigenvalue weighted by atomic mass is 10.4. The fourth-order valence-electron chi connectivity index (χ4n) is 1.10. The van der Waals surface area contributed by atoms with E-state index in [4.69, 9.17) is 4.52 Å². The summed E-state index contributed by atoms with van der Waals surface area (Å²) in [7, 11) is 0. The Bertz CT molecular complexity index is 389. The normalized spacial score (nSPS) is 9.76. The first-order chi connectivity index (χ1) is 8.11. The van der Waals surface area contributed by atoms with Crippen LogP contribution in [-0.2, 0) is 16.1 Å². The molecule has 2 amide bonds. The maximum Gasteiger partial charge on any atom is 0.325 e. The lowest BCUT2D eigenvalue weighted by molar-refractivity contribution is -0.141. The summed E-state index contributed by atoms with van der Waals surface area (Å²) >= 11 is 0. The van der Waals surface area contributed by atoms with Gasteiger partial charge in [0.05, 0.1) is 13.2 Å². The number of nitrogens with one attached hydrogen (secondary N) is 2. The summed E-state index contributed by atoms with van der Waals surface area (Å²) < 4.78 is 9.48. The van der Waals surface area contributed by atoms with Gasteiger partial charge in [-0.05, 0) is 13.8 Å². The van der Waals surface area contributed by atoms with E-state index >= 15 is 0 Å². The molecule has 1 heterocycles. The lowest BCUT2D eigenvalue weighted by Crippen LogP contribution is -2.38. The van der Waals surface area contributed by atoms with Crippen LogP contribution in [0.15, 0.2) is 10.6 Å². The van der Waals surface area contributed by atoms with Gasteiger partial charge in [0.2, 0.25) is 0 Å². The number of carbonyl (C=O) groups is 2. The third kappa shape index (κ3) is 5.01. The molecule has 94 valence electrons. The Balaban J connectivity index is 2.19. The molecule has 1 rings (SSSR count). The van der Waals surface area contributed by atoms with Gasteiger partial charge in [0, 0.05) is 6.07 Å². The number of aromatic nitrogens is 1. The Morgan fingerprint density at radius 3 is 2.82 bits per heavy atom. The molecule has 0 aromatic carbocycles. The molecule has 0 fully saturated rings. The van der Waals surface area contributed by atoms with Crippen molar-refractivity contribution in [1.82, 2.24) is 15.8 Å². The molecule has 1 aromatic rings. The number of urea groups is 1. The van der Waals surface area contributed by atoms with Gasteiger partial charge in [-0.3, -0.25) is 4.79 Å². The van der Waals surface area contributed by atoms with Crippen LogP contribution < -0.4 is 10.6 Å². The highest BCUT2D eigenvalue weighted by molar-refractivity contribution is 5.80. The maximum atomic E-state index is 11.2. The predicted molar refractivity (Wildman–Crippen MR) is 58.1 cm³/mol.